The van der Waals surface area contributed by atoms with Crippen LogP contribution in [-0.4, -0.2) is 41.3 Å². The van der Waals surface area contributed by atoms with Gasteiger partial charge >= 0.3 is 0 Å². The first kappa shape index (κ1) is 13.2. The molecule has 1 fully saturated rings. The van der Waals surface area contributed by atoms with Crippen LogP contribution in [0.15, 0.2) is 48.9 Å². The van der Waals surface area contributed by atoms with Gasteiger partial charge in [0.2, 0.25) is 0 Å². The number of aromatic nitrogens is 3. The first-order valence-corrected chi connectivity index (χ1v) is 7.40. The van der Waals surface area contributed by atoms with Crippen LogP contribution < -0.4 is 4.90 Å². The molecule has 0 unspecified atom stereocenters. The molecule has 2 aromatic heterocycles. The number of hydrogen-bond acceptors (Lipinski definition) is 5. The first-order valence-electron chi connectivity index (χ1n) is 7.40. The van der Waals surface area contributed by atoms with E-state index in [1.54, 1.807) is 6.20 Å². The average Bonchev–Trinajstić information content (AvgIpc) is 2.62. The van der Waals surface area contributed by atoms with Gasteiger partial charge in [0.1, 0.15) is 5.82 Å². The highest BCUT2D eigenvalue weighted by Gasteiger charge is 2.13. The predicted molar refractivity (Wildman–Crippen MR) is 85.8 cm³/mol. The minimum Gasteiger partial charge on any atom is -0.378 e. The maximum atomic E-state index is 5.39. The van der Waals surface area contributed by atoms with Crippen LogP contribution in [0.5, 0.6) is 0 Å². The molecule has 22 heavy (non-hydrogen) atoms. The Balaban J connectivity index is 1.74. The molecule has 0 amide bonds. The molecule has 0 aliphatic carbocycles. The van der Waals surface area contributed by atoms with E-state index in [9.17, 15) is 0 Å². The molecule has 0 saturated carbocycles. The van der Waals surface area contributed by atoms with E-state index < -0.39 is 0 Å². The van der Waals surface area contributed by atoms with Crippen molar-refractivity contribution in [3.8, 4) is 11.1 Å². The summed E-state index contributed by atoms with van der Waals surface area (Å²) in [7, 11) is 0. The first-order chi connectivity index (χ1) is 10.9. The average molecular weight is 292 g/mol. The highest BCUT2D eigenvalue weighted by atomic mass is 16.5. The quantitative estimate of drug-likeness (QED) is 0.726. The molecule has 110 valence electrons. The van der Waals surface area contributed by atoms with E-state index in [1.807, 2.05) is 30.6 Å². The Morgan fingerprint density at radius 1 is 0.955 bits per heavy atom. The van der Waals surface area contributed by atoms with Crippen molar-refractivity contribution in [3.63, 3.8) is 0 Å². The lowest BCUT2D eigenvalue weighted by Gasteiger charge is -2.27. The molecule has 0 spiro atoms. The Morgan fingerprint density at radius 2 is 1.86 bits per heavy atom. The highest BCUT2D eigenvalue weighted by Crippen LogP contribution is 2.23. The number of hydrogen-bond donors (Lipinski definition) is 0. The Bertz CT molecular complexity index is 785. The SMILES string of the molecule is c1cncc(-c2ccc3ncc(N4CCOCC4)nc3c2)c1. The third-order valence-corrected chi connectivity index (χ3v) is 3.86. The number of fused-ring (bicyclic) bond motifs is 1. The fourth-order valence-electron chi connectivity index (χ4n) is 2.66. The summed E-state index contributed by atoms with van der Waals surface area (Å²) in [5.41, 5.74) is 4.01. The van der Waals surface area contributed by atoms with Gasteiger partial charge in [0.05, 0.1) is 30.4 Å². The van der Waals surface area contributed by atoms with Crippen molar-refractivity contribution in [2.45, 2.75) is 0 Å². The number of pyridine rings is 1. The molecule has 5 nitrogen and oxygen atoms in total. The molecule has 0 N–H and O–H groups in total. The Labute approximate surface area is 128 Å². The zero-order valence-corrected chi connectivity index (χ0v) is 12.1. The van der Waals surface area contributed by atoms with Gasteiger partial charge in [0.25, 0.3) is 0 Å². The Hall–Kier alpha value is -2.53. The second kappa shape index (κ2) is 5.69. The summed E-state index contributed by atoms with van der Waals surface area (Å²) in [5.74, 6) is 0.916. The fraction of sp³-hybridized carbons (Fsp3) is 0.235. The van der Waals surface area contributed by atoms with Crippen LogP contribution in [0.2, 0.25) is 0 Å². The summed E-state index contributed by atoms with van der Waals surface area (Å²) in [6.45, 7) is 3.22. The molecule has 1 aliphatic heterocycles. The summed E-state index contributed by atoms with van der Waals surface area (Å²) in [5, 5.41) is 0. The van der Waals surface area contributed by atoms with Gasteiger partial charge in [-0.2, -0.15) is 0 Å². The molecule has 1 saturated heterocycles. The van der Waals surface area contributed by atoms with Gasteiger partial charge in [-0.3, -0.25) is 9.97 Å². The van der Waals surface area contributed by atoms with Gasteiger partial charge in [0, 0.05) is 31.0 Å². The topological polar surface area (TPSA) is 51.1 Å². The van der Waals surface area contributed by atoms with Gasteiger partial charge in [-0.15, -0.1) is 0 Å². The van der Waals surface area contributed by atoms with E-state index in [0.717, 1.165) is 54.3 Å². The van der Waals surface area contributed by atoms with Crippen molar-refractivity contribution in [1.29, 1.82) is 0 Å². The Kier molecular flexibility index (Phi) is 3.40. The lowest BCUT2D eigenvalue weighted by atomic mass is 10.1. The number of rotatable bonds is 2. The summed E-state index contributed by atoms with van der Waals surface area (Å²) >= 11 is 0. The van der Waals surface area contributed by atoms with Gasteiger partial charge in [-0.1, -0.05) is 12.1 Å². The van der Waals surface area contributed by atoms with Gasteiger partial charge in [-0.05, 0) is 23.8 Å². The van der Waals surface area contributed by atoms with Crippen molar-refractivity contribution in [1.82, 2.24) is 15.0 Å². The number of anilines is 1. The summed E-state index contributed by atoms with van der Waals surface area (Å²) in [4.78, 5) is 15.7. The molecule has 3 heterocycles. The van der Waals surface area contributed by atoms with E-state index >= 15 is 0 Å². The zero-order valence-electron chi connectivity index (χ0n) is 12.1. The zero-order chi connectivity index (χ0) is 14.8. The normalized spacial score (nSPS) is 15.2. The van der Waals surface area contributed by atoms with Crippen LogP contribution >= 0.6 is 0 Å². The van der Waals surface area contributed by atoms with Gasteiger partial charge in [-0.25, -0.2) is 4.98 Å². The van der Waals surface area contributed by atoms with Gasteiger partial charge in [0.15, 0.2) is 0 Å². The fourth-order valence-corrected chi connectivity index (χ4v) is 2.66. The molecule has 1 aliphatic rings. The molecule has 3 aromatic rings. The van der Waals surface area contributed by atoms with Crippen LogP contribution in [0.1, 0.15) is 0 Å². The van der Waals surface area contributed by atoms with E-state index in [0.29, 0.717) is 0 Å². The van der Waals surface area contributed by atoms with Crippen LogP contribution in [0, 0.1) is 0 Å². The van der Waals surface area contributed by atoms with Crippen molar-refractivity contribution in [2.75, 3.05) is 31.2 Å². The summed E-state index contributed by atoms with van der Waals surface area (Å²) in [6, 6.07) is 10.1. The number of ether oxygens (including phenoxy) is 1. The van der Waals surface area contributed by atoms with Gasteiger partial charge < -0.3 is 9.64 Å². The maximum absolute atomic E-state index is 5.39. The number of morpholine rings is 1. The summed E-state index contributed by atoms with van der Waals surface area (Å²) < 4.78 is 5.39. The molecule has 0 atom stereocenters. The minimum atomic E-state index is 0.745. The third-order valence-electron chi connectivity index (χ3n) is 3.86. The van der Waals surface area contributed by atoms with Crippen molar-refractivity contribution < 1.29 is 4.74 Å². The van der Waals surface area contributed by atoms with Crippen LogP contribution in [-0.2, 0) is 4.74 Å². The molecule has 1 aromatic carbocycles. The van der Waals surface area contributed by atoms with Crippen molar-refractivity contribution in [2.24, 2.45) is 0 Å². The second-order valence-corrected chi connectivity index (χ2v) is 5.27. The van der Waals surface area contributed by atoms with Crippen LogP contribution in [0.3, 0.4) is 0 Å². The van der Waals surface area contributed by atoms with Crippen LogP contribution in [0.25, 0.3) is 22.2 Å². The van der Waals surface area contributed by atoms with Crippen molar-refractivity contribution >= 4 is 16.9 Å². The predicted octanol–water partition coefficient (Wildman–Crippen LogP) is 2.53. The molecule has 5 heteroatoms. The molecular formula is C17H16N4O. The standard InChI is InChI=1S/C17H16N4O/c1-2-14(11-18-5-1)13-3-4-15-16(10-13)20-17(12-19-15)21-6-8-22-9-7-21/h1-5,10-12H,6-9H2. The Morgan fingerprint density at radius 3 is 2.68 bits per heavy atom. The molecular weight excluding hydrogens is 276 g/mol. The third kappa shape index (κ3) is 2.51. The van der Waals surface area contributed by atoms with E-state index in [1.165, 1.54) is 0 Å². The second-order valence-electron chi connectivity index (χ2n) is 5.27. The largest absolute Gasteiger partial charge is 0.378 e. The maximum Gasteiger partial charge on any atom is 0.148 e. The molecule has 4 rings (SSSR count). The van der Waals surface area contributed by atoms with E-state index in [2.05, 4.69) is 27.0 Å². The molecule has 0 bridgehead atoms. The van der Waals surface area contributed by atoms with E-state index in [-0.39, 0.29) is 0 Å². The lowest BCUT2D eigenvalue weighted by Crippen LogP contribution is -2.36. The lowest BCUT2D eigenvalue weighted by molar-refractivity contribution is 0.122. The number of benzene rings is 1. The number of nitrogens with zero attached hydrogens (tertiary/aromatic N) is 4. The molecule has 0 radical (unpaired) electrons. The summed E-state index contributed by atoms with van der Waals surface area (Å²) in [6.07, 6.45) is 5.48. The monoisotopic (exact) mass is 292 g/mol. The minimum absolute atomic E-state index is 0.745. The smallest absolute Gasteiger partial charge is 0.148 e. The van der Waals surface area contributed by atoms with Crippen molar-refractivity contribution in [3.05, 3.63) is 48.9 Å². The van der Waals surface area contributed by atoms with Crippen LogP contribution in [0.4, 0.5) is 5.82 Å². The van der Waals surface area contributed by atoms with E-state index in [4.69, 9.17) is 9.72 Å². The highest BCUT2D eigenvalue weighted by molar-refractivity contribution is 5.82.